The first kappa shape index (κ1) is 21.4. The van der Waals surface area contributed by atoms with E-state index in [1.54, 1.807) is 6.07 Å². The van der Waals surface area contributed by atoms with E-state index in [9.17, 15) is 13.2 Å². The molecule has 1 aromatic heterocycles. The Morgan fingerprint density at radius 1 is 1.38 bits per heavy atom. The molecule has 0 aromatic carbocycles. The second kappa shape index (κ2) is 9.33. The van der Waals surface area contributed by atoms with E-state index in [4.69, 9.17) is 0 Å². The van der Waals surface area contributed by atoms with Crippen molar-refractivity contribution in [1.29, 1.82) is 0 Å². The Morgan fingerprint density at radius 3 is 2.69 bits per heavy atom. The summed E-state index contributed by atoms with van der Waals surface area (Å²) in [7, 11) is -3.49. The van der Waals surface area contributed by atoms with Gasteiger partial charge in [0, 0.05) is 30.6 Å². The van der Waals surface area contributed by atoms with Crippen molar-refractivity contribution < 1.29 is 13.2 Å². The first-order valence-electron chi connectivity index (χ1n) is 9.68. The third kappa shape index (κ3) is 4.87. The van der Waals surface area contributed by atoms with Gasteiger partial charge in [0.2, 0.25) is 5.91 Å². The van der Waals surface area contributed by atoms with Gasteiger partial charge in [-0.3, -0.25) is 4.79 Å². The maximum atomic E-state index is 13.1. The lowest BCUT2D eigenvalue weighted by atomic mass is 9.97. The molecule has 1 aromatic rings. The van der Waals surface area contributed by atoms with Gasteiger partial charge in [0.25, 0.3) is 10.0 Å². The molecule has 2 rings (SSSR count). The molecule has 0 bridgehead atoms. The summed E-state index contributed by atoms with van der Waals surface area (Å²) in [6, 6.07) is 3.70. The fraction of sp³-hybridized carbons (Fsp3) is 0.737. The second-order valence-electron chi connectivity index (χ2n) is 7.21. The molecule has 26 heavy (non-hydrogen) atoms. The van der Waals surface area contributed by atoms with Crippen LogP contribution in [-0.4, -0.2) is 49.2 Å². The predicted molar refractivity (Wildman–Crippen MR) is 107 cm³/mol. The minimum Gasteiger partial charge on any atom is -0.340 e. The lowest BCUT2D eigenvalue weighted by Gasteiger charge is -2.36. The Labute approximate surface area is 162 Å². The number of rotatable bonds is 8. The fourth-order valence-corrected chi connectivity index (χ4v) is 6.33. The molecule has 1 saturated heterocycles. The second-order valence-corrected chi connectivity index (χ2v) is 10.7. The van der Waals surface area contributed by atoms with Crippen LogP contribution in [0.3, 0.4) is 0 Å². The fourth-order valence-electron chi connectivity index (χ4n) is 3.37. The molecule has 1 aliphatic heterocycles. The number of thiophene rings is 1. The normalized spacial score (nSPS) is 20.1. The van der Waals surface area contributed by atoms with Gasteiger partial charge in [-0.2, -0.15) is 4.31 Å². The van der Waals surface area contributed by atoms with Crippen molar-refractivity contribution in [1.82, 2.24) is 9.21 Å². The number of carbonyl (C=O) groups excluding carboxylic acids is 1. The highest BCUT2D eigenvalue weighted by Crippen LogP contribution is 2.29. The Hall–Kier alpha value is -0.920. The van der Waals surface area contributed by atoms with Gasteiger partial charge in [-0.15, -0.1) is 11.3 Å². The van der Waals surface area contributed by atoms with E-state index in [0.29, 0.717) is 17.3 Å². The zero-order chi connectivity index (χ0) is 19.3. The van der Waals surface area contributed by atoms with Crippen LogP contribution in [0.5, 0.6) is 0 Å². The van der Waals surface area contributed by atoms with Gasteiger partial charge < -0.3 is 4.90 Å². The smallest absolute Gasteiger partial charge is 0.252 e. The largest absolute Gasteiger partial charge is 0.340 e. The van der Waals surface area contributed by atoms with Gasteiger partial charge in [-0.1, -0.05) is 20.3 Å². The molecule has 0 radical (unpaired) electrons. The highest BCUT2D eigenvalue weighted by molar-refractivity contribution is 7.91. The number of sulfonamides is 1. The third-order valence-electron chi connectivity index (χ3n) is 5.20. The lowest BCUT2D eigenvalue weighted by Crippen LogP contribution is -2.49. The maximum absolute atomic E-state index is 13.1. The van der Waals surface area contributed by atoms with Crippen LogP contribution in [0.4, 0.5) is 0 Å². The number of piperidine rings is 1. The van der Waals surface area contributed by atoms with Gasteiger partial charge in [0.15, 0.2) is 0 Å². The Balaban J connectivity index is 2.14. The SMILES string of the molecule is CCCCN(C(=O)C1CCCN(S(=O)(=O)c2ccc(C)s2)C1)C(C)CC. The average molecular weight is 401 g/mol. The van der Waals surface area contributed by atoms with E-state index in [-0.39, 0.29) is 17.9 Å². The molecule has 1 fully saturated rings. The summed E-state index contributed by atoms with van der Waals surface area (Å²) in [4.78, 5) is 16.1. The number of hydrogen-bond donors (Lipinski definition) is 0. The third-order valence-corrected chi connectivity index (χ3v) is 8.53. The highest BCUT2D eigenvalue weighted by Gasteiger charge is 2.36. The van der Waals surface area contributed by atoms with Crippen molar-refractivity contribution >= 4 is 27.3 Å². The van der Waals surface area contributed by atoms with Gasteiger partial charge in [-0.05, 0) is 51.7 Å². The zero-order valence-corrected chi connectivity index (χ0v) is 18.0. The summed E-state index contributed by atoms with van der Waals surface area (Å²) >= 11 is 1.30. The molecular weight excluding hydrogens is 368 g/mol. The van der Waals surface area contributed by atoms with E-state index in [2.05, 4.69) is 20.8 Å². The number of amides is 1. The molecule has 7 heteroatoms. The lowest BCUT2D eigenvalue weighted by molar-refractivity contribution is -0.139. The van der Waals surface area contributed by atoms with Crippen molar-refractivity contribution in [2.24, 2.45) is 5.92 Å². The van der Waals surface area contributed by atoms with Gasteiger partial charge in [0.05, 0.1) is 5.92 Å². The summed E-state index contributed by atoms with van der Waals surface area (Å²) in [5, 5.41) is 0. The summed E-state index contributed by atoms with van der Waals surface area (Å²) in [5.74, 6) is -0.111. The molecule has 5 nitrogen and oxygen atoms in total. The van der Waals surface area contributed by atoms with Crippen molar-refractivity contribution in [3.63, 3.8) is 0 Å². The van der Waals surface area contributed by atoms with Crippen LogP contribution in [-0.2, 0) is 14.8 Å². The Morgan fingerprint density at radius 2 is 2.12 bits per heavy atom. The van der Waals surface area contributed by atoms with Crippen LogP contribution >= 0.6 is 11.3 Å². The molecule has 0 saturated carbocycles. The van der Waals surface area contributed by atoms with Crippen molar-refractivity contribution in [2.45, 2.75) is 70.1 Å². The zero-order valence-electron chi connectivity index (χ0n) is 16.4. The standard InChI is InChI=1S/C19H32N2O3S2/c1-5-7-13-21(15(3)6-2)19(22)17-9-8-12-20(14-17)26(23,24)18-11-10-16(4)25-18/h10-11,15,17H,5-9,12-14H2,1-4H3. The van der Waals surface area contributed by atoms with Gasteiger partial charge in [0.1, 0.15) is 4.21 Å². The number of unbranched alkanes of at least 4 members (excludes halogenated alkanes) is 1. The molecule has 2 atom stereocenters. The molecule has 0 N–H and O–H groups in total. The van der Waals surface area contributed by atoms with E-state index in [1.165, 1.54) is 15.6 Å². The van der Waals surface area contributed by atoms with E-state index in [0.717, 1.165) is 43.5 Å². The highest BCUT2D eigenvalue weighted by atomic mass is 32.2. The van der Waals surface area contributed by atoms with Crippen LogP contribution in [0.2, 0.25) is 0 Å². The number of aryl methyl sites for hydroxylation is 1. The molecule has 1 amide bonds. The summed E-state index contributed by atoms with van der Waals surface area (Å²) in [6.07, 6.45) is 4.45. The molecule has 2 heterocycles. The Kier molecular flexibility index (Phi) is 7.67. The van der Waals surface area contributed by atoms with Crippen molar-refractivity contribution in [2.75, 3.05) is 19.6 Å². The predicted octanol–water partition coefficient (Wildman–Crippen LogP) is 3.88. The van der Waals surface area contributed by atoms with Crippen LogP contribution in [0.1, 0.15) is 57.8 Å². The van der Waals surface area contributed by atoms with Crippen LogP contribution in [0.15, 0.2) is 16.3 Å². The van der Waals surface area contributed by atoms with Crippen LogP contribution in [0, 0.1) is 12.8 Å². The minimum absolute atomic E-state index is 0.120. The number of nitrogens with zero attached hydrogens (tertiary/aromatic N) is 2. The van der Waals surface area contributed by atoms with Crippen LogP contribution < -0.4 is 0 Å². The molecule has 2 unspecified atom stereocenters. The first-order valence-corrected chi connectivity index (χ1v) is 11.9. The quantitative estimate of drug-likeness (QED) is 0.665. The van der Waals surface area contributed by atoms with Crippen molar-refractivity contribution in [3.05, 3.63) is 17.0 Å². The number of carbonyl (C=O) groups is 1. The first-order chi connectivity index (χ1) is 12.3. The van der Waals surface area contributed by atoms with Gasteiger partial charge in [-0.25, -0.2) is 8.42 Å². The Bertz CT molecular complexity index is 699. The summed E-state index contributed by atoms with van der Waals surface area (Å²) < 4.78 is 27.7. The average Bonchev–Trinajstić information content (AvgIpc) is 3.08. The number of hydrogen-bond acceptors (Lipinski definition) is 4. The van der Waals surface area contributed by atoms with E-state index >= 15 is 0 Å². The topological polar surface area (TPSA) is 57.7 Å². The molecular formula is C19H32N2O3S2. The molecule has 0 aliphatic carbocycles. The molecule has 1 aliphatic rings. The summed E-state index contributed by atoms with van der Waals surface area (Å²) in [5.41, 5.74) is 0. The van der Waals surface area contributed by atoms with E-state index < -0.39 is 10.0 Å². The van der Waals surface area contributed by atoms with E-state index in [1.807, 2.05) is 17.9 Å². The minimum atomic E-state index is -3.49. The molecule has 148 valence electrons. The monoisotopic (exact) mass is 400 g/mol. The maximum Gasteiger partial charge on any atom is 0.252 e. The van der Waals surface area contributed by atoms with Crippen LogP contribution in [0.25, 0.3) is 0 Å². The summed E-state index contributed by atoms with van der Waals surface area (Å²) in [6.45, 7) is 9.77. The van der Waals surface area contributed by atoms with Crippen molar-refractivity contribution in [3.8, 4) is 0 Å². The van der Waals surface area contributed by atoms with Gasteiger partial charge >= 0.3 is 0 Å². The molecule has 0 spiro atoms.